The number of hydrogen-bond donors (Lipinski definition) is 2. The summed E-state index contributed by atoms with van der Waals surface area (Å²) in [5, 5.41) is 5.53. The Labute approximate surface area is 164 Å². The van der Waals surface area contributed by atoms with Crippen LogP contribution >= 0.6 is 0 Å². The molecule has 0 atom stereocenters. The maximum atomic E-state index is 12.3. The molecule has 0 aliphatic carbocycles. The van der Waals surface area contributed by atoms with Gasteiger partial charge in [-0.25, -0.2) is 4.79 Å². The molecule has 0 saturated heterocycles. The fourth-order valence-corrected chi connectivity index (χ4v) is 3.11. The van der Waals surface area contributed by atoms with Crippen molar-refractivity contribution in [1.82, 2.24) is 10.2 Å². The summed E-state index contributed by atoms with van der Waals surface area (Å²) in [6.45, 7) is 7.04. The highest BCUT2D eigenvalue weighted by molar-refractivity contribution is 6.21. The van der Waals surface area contributed by atoms with Crippen molar-refractivity contribution >= 4 is 23.5 Å². The lowest BCUT2D eigenvalue weighted by atomic mass is 9.87. The first-order valence-corrected chi connectivity index (χ1v) is 9.38. The first-order chi connectivity index (χ1) is 13.3. The quantitative estimate of drug-likeness (QED) is 0.613. The number of benzene rings is 2. The molecule has 0 aromatic heterocycles. The number of hydrogen-bond acceptors (Lipinski definition) is 3. The van der Waals surface area contributed by atoms with Crippen LogP contribution in [0.5, 0.6) is 0 Å². The second-order valence-electron chi connectivity index (χ2n) is 7.87. The maximum Gasteiger partial charge on any atom is 0.319 e. The number of nitrogens with zero attached hydrogens (tertiary/aromatic N) is 1. The average molecular weight is 379 g/mol. The summed E-state index contributed by atoms with van der Waals surface area (Å²) >= 11 is 0. The van der Waals surface area contributed by atoms with Crippen molar-refractivity contribution < 1.29 is 14.4 Å². The van der Waals surface area contributed by atoms with E-state index in [2.05, 4.69) is 31.4 Å². The predicted octanol–water partition coefficient (Wildman–Crippen LogP) is 3.79. The third kappa shape index (κ3) is 4.22. The van der Waals surface area contributed by atoms with Gasteiger partial charge >= 0.3 is 6.03 Å². The van der Waals surface area contributed by atoms with E-state index in [0.29, 0.717) is 29.8 Å². The van der Waals surface area contributed by atoms with Crippen molar-refractivity contribution in [3.05, 3.63) is 65.2 Å². The fraction of sp³-hybridized carbons (Fsp3) is 0.318. The minimum atomic E-state index is -0.314. The van der Waals surface area contributed by atoms with E-state index in [9.17, 15) is 14.4 Å². The first kappa shape index (κ1) is 19.6. The molecule has 0 bridgehead atoms. The smallest absolute Gasteiger partial charge is 0.319 e. The van der Waals surface area contributed by atoms with Gasteiger partial charge in [-0.05, 0) is 41.7 Å². The van der Waals surface area contributed by atoms with Crippen molar-refractivity contribution in [1.29, 1.82) is 0 Å². The standard InChI is InChI=1S/C22H25N3O3/c1-22(2,3)15-9-11-16(12-10-15)24-21(28)23-13-6-14-25-19(26)17-7-4-5-8-18(17)20(25)27/h4-5,7-12H,6,13-14H2,1-3H3,(H2,23,24,28). The van der Waals surface area contributed by atoms with Crippen LogP contribution in [0.2, 0.25) is 0 Å². The summed E-state index contributed by atoms with van der Waals surface area (Å²) in [6.07, 6.45) is 0.488. The summed E-state index contributed by atoms with van der Waals surface area (Å²) in [6, 6.07) is 14.2. The van der Waals surface area contributed by atoms with Crippen LogP contribution in [0, 0.1) is 0 Å². The number of rotatable bonds is 5. The molecule has 2 N–H and O–H groups in total. The van der Waals surface area contributed by atoms with Crippen LogP contribution in [0.15, 0.2) is 48.5 Å². The fourth-order valence-electron chi connectivity index (χ4n) is 3.11. The molecule has 0 radical (unpaired) electrons. The topological polar surface area (TPSA) is 78.5 Å². The molecule has 6 nitrogen and oxygen atoms in total. The van der Waals surface area contributed by atoms with Crippen molar-refractivity contribution in [2.24, 2.45) is 0 Å². The Morgan fingerprint density at radius 2 is 1.50 bits per heavy atom. The zero-order valence-corrected chi connectivity index (χ0v) is 16.4. The SMILES string of the molecule is CC(C)(C)c1ccc(NC(=O)NCCCN2C(=O)c3ccccc3C2=O)cc1. The van der Waals surface area contributed by atoms with Gasteiger partial charge in [-0.1, -0.05) is 45.0 Å². The monoisotopic (exact) mass is 379 g/mol. The number of fused-ring (bicyclic) bond motifs is 1. The van der Waals surface area contributed by atoms with Gasteiger partial charge in [0.2, 0.25) is 0 Å². The summed E-state index contributed by atoms with van der Waals surface area (Å²) in [4.78, 5) is 37.8. The van der Waals surface area contributed by atoms with Gasteiger partial charge in [-0.2, -0.15) is 0 Å². The Bertz CT molecular complexity index is 863. The Balaban J connectivity index is 1.44. The molecule has 2 aromatic carbocycles. The molecule has 2 aromatic rings. The second kappa shape index (κ2) is 7.84. The van der Waals surface area contributed by atoms with E-state index in [4.69, 9.17) is 0 Å². The summed E-state index contributed by atoms with van der Waals surface area (Å²) in [7, 11) is 0. The largest absolute Gasteiger partial charge is 0.338 e. The number of nitrogens with one attached hydrogen (secondary N) is 2. The van der Waals surface area contributed by atoms with E-state index in [-0.39, 0.29) is 29.8 Å². The zero-order valence-electron chi connectivity index (χ0n) is 16.4. The minimum Gasteiger partial charge on any atom is -0.338 e. The van der Waals surface area contributed by atoms with Crippen LogP contribution in [0.3, 0.4) is 0 Å². The van der Waals surface area contributed by atoms with E-state index in [1.165, 1.54) is 10.5 Å². The number of imide groups is 1. The van der Waals surface area contributed by atoms with Crippen LogP contribution < -0.4 is 10.6 Å². The molecule has 4 amide bonds. The molecule has 6 heteroatoms. The number of anilines is 1. The number of urea groups is 1. The van der Waals surface area contributed by atoms with E-state index in [1.807, 2.05) is 24.3 Å². The van der Waals surface area contributed by atoms with Gasteiger partial charge < -0.3 is 10.6 Å². The molecule has 1 aliphatic heterocycles. The molecular weight excluding hydrogens is 354 g/mol. The summed E-state index contributed by atoms with van der Waals surface area (Å²) < 4.78 is 0. The molecule has 1 heterocycles. The molecule has 1 aliphatic rings. The molecule has 0 unspecified atom stereocenters. The van der Waals surface area contributed by atoms with Gasteiger partial charge in [0.1, 0.15) is 0 Å². The van der Waals surface area contributed by atoms with Crippen molar-refractivity contribution in [3.63, 3.8) is 0 Å². The summed E-state index contributed by atoms with van der Waals surface area (Å²) in [5.74, 6) is -0.548. The predicted molar refractivity (Wildman–Crippen MR) is 109 cm³/mol. The van der Waals surface area contributed by atoms with Crippen LogP contribution in [-0.4, -0.2) is 35.8 Å². The van der Waals surface area contributed by atoms with Crippen molar-refractivity contribution in [3.8, 4) is 0 Å². The third-order valence-corrected chi connectivity index (χ3v) is 4.73. The maximum absolute atomic E-state index is 12.3. The Hall–Kier alpha value is -3.15. The molecule has 28 heavy (non-hydrogen) atoms. The van der Waals surface area contributed by atoms with E-state index >= 15 is 0 Å². The van der Waals surface area contributed by atoms with Gasteiger partial charge in [-0.3, -0.25) is 14.5 Å². The number of carbonyl (C=O) groups excluding carboxylic acids is 3. The molecule has 0 saturated carbocycles. The van der Waals surface area contributed by atoms with E-state index in [0.717, 1.165) is 0 Å². The minimum absolute atomic E-state index is 0.0604. The molecule has 0 spiro atoms. The van der Waals surface area contributed by atoms with Gasteiger partial charge in [0, 0.05) is 18.8 Å². The Morgan fingerprint density at radius 3 is 2.04 bits per heavy atom. The lowest BCUT2D eigenvalue weighted by Gasteiger charge is -2.19. The zero-order chi connectivity index (χ0) is 20.3. The molecular formula is C22H25N3O3. The van der Waals surface area contributed by atoms with Gasteiger partial charge in [0.15, 0.2) is 0 Å². The van der Waals surface area contributed by atoms with Crippen LogP contribution in [0.1, 0.15) is 53.5 Å². The van der Waals surface area contributed by atoms with E-state index in [1.54, 1.807) is 24.3 Å². The van der Waals surface area contributed by atoms with Gasteiger partial charge in [0.25, 0.3) is 11.8 Å². The highest BCUT2D eigenvalue weighted by Crippen LogP contribution is 2.24. The van der Waals surface area contributed by atoms with Crippen molar-refractivity contribution in [2.45, 2.75) is 32.6 Å². The lowest BCUT2D eigenvalue weighted by molar-refractivity contribution is 0.0653. The average Bonchev–Trinajstić information content (AvgIpc) is 2.90. The number of carbonyl (C=O) groups is 3. The Kier molecular flexibility index (Phi) is 5.49. The molecule has 146 valence electrons. The molecule has 3 rings (SSSR count). The number of amides is 4. The summed E-state index contributed by atoms with van der Waals surface area (Å²) in [5.41, 5.74) is 2.85. The lowest BCUT2D eigenvalue weighted by Crippen LogP contribution is -2.35. The second-order valence-corrected chi connectivity index (χ2v) is 7.87. The Morgan fingerprint density at radius 1 is 0.929 bits per heavy atom. The highest BCUT2D eigenvalue weighted by atomic mass is 16.2. The first-order valence-electron chi connectivity index (χ1n) is 9.38. The van der Waals surface area contributed by atoms with Crippen LogP contribution in [0.4, 0.5) is 10.5 Å². The normalized spacial score (nSPS) is 13.5. The van der Waals surface area contributed by atoms with E-state index < -0.39 is 0 Å². The van der Waals surface area contributed by atoms with Crippen LogP contribution in [-0.2, 0) is 5.41 Å². The van der Waals surface area contributed by atoms with Crippen molar-refractivity contribution in [2.75, 3.05) is 18.4 Å². The van der Waals surface area contributed by atoms with Gasteiger partial charge in [-0.15, -0.1) is 0 Å². The van der Waals surface area contributed by atoms with Crippen LogP contribution in [0.25, 0.3) is 0 Å². The van der Waals surface area contributed by atoms with Gasteiger partial charge in [0.05, 0.1) is 11.1 Å². The highest BCUT2D eigenvalue weighted by Gasteiger charge is 2.34. The molecule has 0 fully saturated rings. The third-order valence-electron chi connectivity index (χ3n) is 4.73.